The zero-order valence-corrected chi connectivity index (χ0v) is 9.24. The molecule has 0 saturated heterocycles. The number of halogens is 1. The first-order valence-electron chi connectivity index (χ1n) is 4.65. The van der Waals surface area contributed by atoms with Gasteiger partial charge in [0.25, 0.3) is 0 Å². The van der Waals surface area contributed by atoms with Crippen molar-refractivity contribution in [2.45, 2.75) is 18.9 Å². The summed E-state index contributed by atoms with van der Waals surface area (Å²) in [6, 6.07) is 7.76. The predicted octanol–water partition coefficient (Wildman–Crippen LogP) is 2.81. The van der Waals surface area contributed by atoms with E-state index in [1.807, 2.05) is 24.3 Å². The molecule has 0 bridgehead atoms. The molecule has 0 amide bonds. The number of rotatable bonds is 3. The molecule has 1 aliphatic rings. The molecule has 0 atom stereocenters. The van der Waals surface area contributed by atoms with Gasteiger partial charge in [0.05, 0.1) is 0 Å². The van der Waals surface area contributed by atoms with E-state index in [9.17, 15) is 4.79 Å². The molecule has 2 nitrogen and oxygen atoms in total. The number of hydrogen-bond acceptors (Lipinski definition) is 2. The second-order valence-electron chi connectivity index (χ2n) is 3.56. The Hall–Kier alpha value is -0.830. The third-order valence-corrected chi connectivity index (χ3v) is 2.97. The molecule has 0 heterocycles. The molecule has 2 rings (SSSR count). The molecule has 0 aromatic heterocycles. The van der Waals surface area contributed by atoms with Crippen LogP contribution >= 0.6 is 15.9 Å². The van der Waals surface area contributed by atoms with Crippen LogP contribution in [0.15, 0.2) is 28.7 Å². The van der Waals surface area contributed by atoms with E-state index in [2.05, 4.69) is 15.9 Å². The van der Waals surface area contributed by atoms with Crippen molar-refractivity contribution >= 4 is 22.2 Å². The summed E-state index contributed by atoms with van der Waals surface area (Å²) in [6.07, 6.45) is 2.96. The minimum Gasteiger partial charge on any atom is -0.490 e. The zero-order valence-electron chi connectivity index (χ0n) is 7.65. The largest absolute Gasteiger partial charge is 0.490 e. The number of hydrogen-bond donors (Lipinski definition) is 0. The third-order valence-electron chi connectivity index (χ3n) is 2.44. The van der Waals surface area contributed by atoms with Crippen LogP contribution in [-0.2, 0) is 4.79 Å². The lowest BCUT2D eigenvalue weighted by Crippen LogP contribution is -2.34. The summed E-state index contributed by atoms with van der Waals surface area (Å²) in [6.45, 7) is 0. The van der Waals surface area contributed by atoms with Crippen LogP contribution in [0.1, 0.15) is 12.8 Å². The van der Waals surface area contributed by atoms with Crippen molar-refractivity contribution in [3.05, 3.63) is 28.7 Å². The lowest BCUT2D eigenvalue weighted by Gasteiger charge is -2.31. The maximum atomic E-state index is 10.4. The Kier molecular flexibility index (Phi) is 2.87. The van der Waals surface area contributed by atoms with Crippen LogP contribution in [0.5, 0.6) is 5.75 Å². The summed E-state index contributed by atoms with van der Waals surface area (Å²) < 4.78 is 6.70. The predicted molar refractivity (Wildman–Crippen MR) is 57.3 cm³/mol. The van der Waals surface area contributed by atoms with E-state index in [1.54, 1.807) is 0 Å². The van der Waals surface area contributed by atoms with Crippen molar-refractivity contribution in [1.29, 1.82) is 0 Å². The first kappa shape index (κ1) is 9.71. The molecule has 0 N–H and O–H groups in total. The molecule has 0 spiro atoms. The standard InChI is InChI=1S/C11H11BrO2/c12-9-1-3-10(4-2-9)14-11-5-8(6-11)7-13/h1-4,7-8,11H,5-6H2. The maximum Gasteiger partial charge on any atom is 0.123 e. The molecule has 0 aliphatic heterocycles. The van der Waals surface area contributed by atoms with E-state index < -0.39 is 0 Å². The average Bonchev–Trinajstić information content (AvgIpc) is 2.13. The van der Waals surface area contributed by atoms with E-state index in [0.717, 1.165) is 29.4 Å². The molecule has 0 radical (unpaired) electrons. The van der Waals surface area contributed by atoms with E-state index in [4.69, 9.17) is 4.74 Å². The Balaban J connectivity index is 1.87. The molecule has 0 unspecified atom stereocenters. The van der Waals surface area contributed by atoms with Gasteiger partial charge < -0.3 is 9.53 Å². The summed E-state index contributed by atoms with van der Waals surface area (Å²) in [4.78, 5) is 10.4. The van der Waals surface area contributed by atoms with Gasteiger partial charge in [0.2, 0.25) is 0 Å². The lowest BCUT2D eigenvalue weighted by molar-refractivity contribution is -0.116. The summed E-state index contributed by atoms with van der Waals surface area (Å²) in [5.74, 6) is 1.10. The highest BCUT2D eigenvalue weighted by Crippen LogP contribution is 2.30. The molecular formula is C11H11BrO2. The van der Waals surface area contributed by atoms with E-state index in [0.29, 0.717) is 0 Å². The number of ether oxygens (including phenoxy) is 1. The van der Waals surface area contributed by atoms with Gasteiger partial charge in [-0.3, -0.25) is 0 Å². The summed E-state index contributed by atoms with van der Waals surface area (Å²) in [7, 11) is 0. The highest BCUT2D eigenvalue weighted by Gasteiger charge is 2.30. The van der Waals surface area contributed by atoms with E-state index >= 15 is 0 Å². The quantitative estimate of drug-likeness (QED) is 0.776. The molecule has 74 valence electrons. The minimum atomic E-state index is 0.218. The molecule has 1 aromatic rings. The maximum absolute atomic E-state index is 10.4. The Labute approximate surface area is 91.4 Å². The number of carbonyl (C=O) groups is 1. The Bertz CT molecular complexity index is 315. The lowest BCUT2D eigenvalue weighted by atomic mass is 9.83. The fourth-order valence-electron chi connectivity index (χ4n) is 1.52. The zero-order chi connectivity index (χ0) is 9.97. The van der Waals surface area contributed by atoms with Crippen LogP contribution in [0.3, 0.4) is 0 Å². The van der Waals surface area contributed by atoms with Crippen molar-refractivity contribution < 1.29 is 9.53 Å². The smallest absolute Gasteiger partial charge is 0.123 e. The number of aldehydes is 1. The Morgan fingerprint density at radius 1 is 1.29 bits per heavy atom. The molecule has 14 heavy (non-hydrogen) atoms. The fourth-order valence-corrected chi connectivity index (χ4v) is 1.78. The van der Waals surface area contributed by atoms with Gasteiger partial charge in [-0.15, -0.1) is 0 Å². The average molecular weight is 255 g/mol. The summed E-state index contributed by atoms with van der Waals surface area (Å²) >= 11 is 3.36. The monoisotopic (exact) mass is 254 g/mol. The first-order valence-corrected chi connectivity index (χ1v) is 5.45. The van der Waals surface area contributed by atoms with Crippen LogP contribution in [0, 0.1) is 5.92 Å². The molecule has 1 fully saturated rings. The Morgan fingerprint density at radius 3 is 2.50 bits per heavy atom. The van der Waals surface area contributed by atoms with Crippen molar-refractivity contribution in [2.24, 2.45) is 5.92 Å². The van der Waals surface area contributed by atoms with Crippen LogP contribution in [0.2, 0.25) is 0 Å². The minimum absolute atomic E-state index is 0.218. The number of carbonyl (C=O) groups excluding carboxylic acids is 1. The fraction of sp³-hybridized carbons (Fsp3) is 0.364. The highest BCUT2D eigenvalue weighted by atomic mass is 79.9. The highest BCUT2D eigenvalue weighted by molar-refractivity contribution is 9.10. The van der Waals surface area contributed by atoms with Crippen LogP contribution in [0.25, 0.3) is 0 Å². The van der Waals surface area contributed by atoms with Gasteiger partial charge in [-0.2, -0.15) is 0 Å². The van der Waals surface area contributed by atoms with Gasteiger partial charge in [0.15, 0.2) is 0 Å². The topological polar surface area (TPSA) is 26.3 Å². The molecule has 3 heteroatoms. The second kappa shape index (κ2) is 4.13. The van der Waals surface area contributed by atoms with Crippen molar-refractivity contribution in [2.75, 3.05) is 0 Å². The van der Waals surface area contributed by atoms with E-state index in [1.165, 1.54) is 0 Å². The van der Waals surface area contributed by atoms with Gasteiger partial charge in [-0.1, -0.05) is 15.9 Å². The van der Waals surface area contributed by atoms with Gasteiger partial charge >= 0.3 is 0 Å². The molecule has 1 saturated carbocycles. The summed E-state index contributed by atoms with van der Waals surface area (Å²) in [5.41, 5.74) is 0. The second-order valence-corrected chi connectivity index (χ2v) is 4.48. The Morgan fingerprint density at radius 2 is 1.93 bits per heavy atom. The normalized spacial score (nSPS) is 25.2. The van der Waals surface area contributed by atoms with Crippen molar-refractivity contribution in [3.8, 4) is 5.75 Å². The van der Waals surface area contributed by atoms with E-state index in [-0.39, 0.29) is 12.0 Å². The molecular weight excluding hydrogens is 244 g/mol. The summed E-state index contributed by atoms with van der Waals surface area (Å²) in [5, 5.41) is 0. The van der Waals surface area contributed by atoms with Crippen LogP contribution in [-0.4, -0.2) is 12.4 Å². The molecule has 1 aliphatic carbocycles. The number of benzene rings is 1. The van der Waals surface area contributed by atoms with Gasteiger partial charge in [0.1, 0.15) is 18.1 Å². The van der Waals surface area contributed by atoms with Gasteiger partial charge in [-0.05, 0) is 37.1 Å². The SMILES string of the molecule is O=CC1CC(Oc2ccc(Br)cc2)C1. The first-order chi connectivity index (χ1) is 6.78. The van der Waals surface area contributed by atoms with Gasteiger partial charge in [0, 0.05) is 10.4 Å². The third kappa shape index (κ3) is 2.15. The van der Waals surface area contributed by atoms with Gasteiger partial charge in [-0.25, -0.2) is 0 Å². The molecule has 1 aromatic carbocycles. The van der Waals surface area contributed by atoms with Crippen molar-refractivity contribution in [1.82, 2.24) is 0 Å². The van der Waals surface area contributed by atoms with Crippen LogP contribution in [0.4, 0.5) is 0 Å². The van der Waals surface area contributed by atoms with Crippen LogP contribution < -0.4 is 4.74 Å². The van der Waals surface area contributed by atoms with Crippen molar-refractivity contribution in [3.63, 3.8) is 0 Å².